The zero-order valence-corrected chi connectivity index (χ0v) is 19.6. The standard InChI is InChI=1S/C25H30N2O5S/c28-22(25-11-16-8-17(12-25)10-18(9-16)13-25)15-32-24(29)19-4-3-7-27(14-19)23-20-5-1-2-6-21(20)33(30,31)26-23/h1-2,5-6,16-19H,3-4,7-15H2/t16?,17?,18?,19-,25?/m1/s1. The molecular weight excluding hydrogens is 440 g/mol. The van der Waals surface area contributed by atoms with Crippen molar-refractivity contribution in [3.63, 3.8) is 0 Å². The van der Waals surface area contributed by atoms with E-state index in [1.54, 1.807) is 24.3 Å². The van der Waals surface area contributed by atoms with Crippen LogP contribution in [-0.2, 0) is 24.3 Å². The van der Waals surface area contributed by atoms with Gasteiger partial charge in [0.15, 0.2) is 18.2 Å². The molecular formula is C25H30N2O5S. The molecule has 1 aromatic rings. The number of sulfonamides is 1. The van der Waals surface area contributed by atoms with Crippen LogP contribution in [0.3, 0.4) is 0 Å². The third kappa shape index (κ3) is 3.61. The van der Waals surface area contributed by atoms with Crippen molar-refractivity contribution in [2.75, 3.05) is 19.7 Å². The molecule has 1 atom stereocenters. The molecule has 4 aliphatic carbocycles. The Morgan fingerprint density at radius 3 is 2.42 bits per heavy atom. The van der Waals surface area contributed by atoms with Crippen molar-refractivity contribution < 1.29 is 22.7 Å². The van der Waals surface area contributed by atoms with E-state index < -0.39 is 10.0 Å². The van der Waals surface area contributed by atoms with Crippen LogP contribution in [0.5, 0.6) is 0 Å². The quantitative estimate of drug-likeness (QED) is 0.628. The highest BCUT2D eigenvalue weighted by atomic mass is 32.2. The molecule has 2 heterocycles. The number of esters is 1. The van der Waals surface area contributed by atoms with Gasteiger partial charge in [-0.1, -0.05) is 12.1 Å². The Kier molecular flexibility index (Phi) is 4.94. The number of carbonyl (C=O) groups excluding carboxylic acids is 2. The predicted molar refractivity (Wildman–Crippen MR) is 121 cm³/mol. The van der Waals surface area contributed by atoms with Gasteiger partial charge in [-0.25, -0.2) is 0 Å². The van der Waals surface area contributed by atoms with Crippen molar-refractivity contribution in [1.82, 2.24) is 4.90 Å². The van der Waals surface area contributed by atoms with Gasteiger partial charge in [-0.3, -0.25) is 9.59 Å². The molecule has 0 amide bonds. The second-order valence-electron chi connectivity index (χ2n) is 10.9. The maximum atomic E-state index is 13.2. The number of hydrogen-bond acceptors (Lipinski definition) is 6. The summed E-state index contributed by atoms with van der Waals surface area (Å²) in [6, 6.07) is 6.80. The zero-order chi connectivity index (χ0) is 22.8. The SMILES string of the molecule is O=C(OCC(=O)C12CC3CC(CC(C3)C1)C2)[C@@H]1CCCN(C2=NS(=O)(=O)c3ccccc32)C1. The molecule has 1 saturated heterocycles. The number of amidine groups is 1. The minimum atomic E-state index is -3.70. The zero-order valence-electron chi connectivity index (χ0n) is 18.7. The largest absolute Gasteiger partial charge is 0.457 e. The number of benzene rings is 1. The van der Waals surface area contributed by atoms with E-state index in [9.17, 15) is 18.0 Å². The first-order valence-corrected chi connectivity index (χ1v) is 13.7. The van der Waals surface area contributed by atoms with Gasteiger partial charge in [0.2, 0.25) is 0 Å². The second-order valence-corrected chi connectivity index (χ2v) is 12.5. The smallest absolute Gasteiger partial charge is 0.311 e. The van der Waals surface area contributed by atoms with Crippen LogP contribution >= 0.6 is 0 Å². The Labute approximate surface area is 194 Å². The summed E-state index contributed by atoms with van der Waals surface area (Å²) in [4.78, 5) is 28.2. The molecule has 0 aromatic heterocycles. The molecule has 0 spiro atoms. The van der Waals surface area contributed by atoms with E-state index in [0.717, 1.165) is 25.7 Å². The minimum absolute atomic E-state index is 0.114. The summed E-state index contributed by atoms with van der Waals surface area (Å²) in [5.74, 6) is 1.81. The lowest BCUT2D eigenvalue weighted by molar-refractivity contribution is -0.161. The lowest BCUT2D eigenvalue weighted by Crippen LogP contribution is -2.51. The molecule has 7 nitrogen and oxygen atoms in total. The molecule has 4 bridgehead atoms. The normalized spacial score (nSPS) is 35.8. The van der Waals surface area contributed by atoms with Gasteiger partial charge in [0.25, 0.3) is 10.0 Å². The van der Waals surface area contributed by atoms with Crippen molar-refractivity contribution >= 4 is 27.6 Å². The van der Waals surface area contributed by atoms with Gasteiger partial charge in [-0.2, -0.15) is 8.42 Å². The number of piperidine rings is 1. The van der Waals surface area contributed by atoms with E-state index in [1.807, 2.05) is 4.90 Å². The van der Waals surface area contributed by atoms with E-state index in [1.165, 1.54) is 19.3 Å². The fourth-order valence-electron chi connectivity index (χ4n) is 7.54. The number of ether oxygens (including phenoxy) is 1. The third-order valence-electron chi connectivity index (χ3n) is 8.64. The molecule has 0 N–H and O–H groups in total. The van der Waals surface area contributed by atoms with Crippen LogP contribution in [0, 0.1) is 29.1 Å². The Balaban J connectivity index is 1.11. The van der Waals surface area contributed by atoms with Crippen LogP contribution in [0.1, 0.15) is 56.9 Å². The van der Waals surface area contributed by atoms with Gasteiger partial charge in [0.1, 0.15) is 4.90 Å². The molecule has 2 aliphatic heterocycles. The summed E-state index contributed by atoms with van der Waals surface area (Å²) in [6.07, 6.45) is 8.14. The van der Waals surface area contributed by atoms with Gasteiger partial charge in [0.05, 0.1) is 5.92 Å². The Morgan fingerprint density at radius 2 is 1.73 bits per heavy atom. The molecule has 0 radical (unpaired) electrons. The van der Waals surface area contributed by atoms with E-state index in [2.05, 4.69) is 4.40 Å². The molecule has 5 fully saturated rings. The van der Waals surface area contributed by atoms with Crippen LogP contribution in [0.2, 0.25) is 0 Å². The van der Waals surface area contributed by atoms with Crippen LogP contribution in [0.4, 0.5) is 0 Å². The van der Waals surface area contributed by atoms with Gasteiger partial charge >= 0.3 is 5.97 Å². The maximum Gasteiger partial charge on any atom is 0.311 e. The first-order valence-electron chi connectivity index (χ1n) is 12.2. The number of ketones is 1. The Morgan fingerprint density at radius 1 is 1.06 bits per heavy atom. The topological polar surface area (TPSA) is 93.1 Å². The van der Waals surface area contributed by atoms with Gasteiger partial charge < -0.3 is 9.64 Å². The number of rotatable bonds is 4. The second kappa shape index (κ2) is 7.65. The average Bonchev–Trinajstić information content (AvgIpc) is 3.07. The molecule has 8 heteroatoms. The maximum absolute atomic E-state index is 13.2. The fraction of sp³-hybridized carbons (Fsp3) is 0.640. The number of hydrogen-bond donors (Lipinski definition) is 0. The summed E-state index contributed by atoms with van der Waals surface area (Å²) < 4.78 is 34.4. The van der Waals surface area contributed by atoms with Crippen molar-refractivity contribution in [3.8, 4) is 0 Å². The minimum Gasteiger partial charge on any atom is -0.457 e. The highest BCUT2D eigenvalue weighted by molar-refractivity contribution is 7.90. The molecule has 1 aromatic carbocycles. The van der Waals surface area contributed by atoms with Crippen LogP contribution in [0.15, 0.2) is 33.6 Å². The van der Waals surface area contributed by atoms with Gasteiger partial charge in [0, 0.05) is 24.1 Å². The average molecular weight is 471 g/mol. The summed E-state index contributed by atoms with van der Waals surface area (Å²) in [5, 5.41) is 0. The van der Waals surface area contributed by atoms with Gasteiger partial charge in [-0.05, 0) is 81.3 Å². The summed E-state index contributed by atoms with van der Waals surface area (Å²) in [5.41, 5.74) is 0.327. The van der Waals surface area contributed by atoms with Crippen molar-refractivity contribution in [1.29, 1.82) is 0 Å². The fourth-order valence-corrected chi connectivity index (χ4v) is 8.77. The molecule has 33 heavy (non-hydrogen) atoms. The first-order chi connectivity index (χ1) is 15.8. The van der Waals surface area contributed by atoms with Crippen molar-refractivity contribution in [2.45, 2.75) is 56.3 Å². The monoisotopic (exact) mass is 470 g/mol. The lowest BCUT2D eigenvalue weighted by atomic mass is 9.48. The number of likely N-dealkylation sites (tertiary alicyclic amines) is 1. The third-order valence-corrected chi connectivity index (χ3v) is 9.97. The molecule has 7 rings (SSSR count). The van der Waals surface area contributed by atoms with Crippen molar-refractivity contribution in [2.24, 2.45) is 33.5 Å². The molecule has 176 valence electrons. The lowest BCUT2D eigenvalue weighted by Gasteiger charge is -2.55. The highest BCUT2D eigenvalue weighted by Crippen LogP contribution is 2.60. The Hall–Kier alpha value is -2.22. The number of carbonyl (C=O) groups is 2. The summed E-state index contributed by atoms with van der Waals surface area (Å²) in [6.45, 7) is 0.866. The summed E-state index contributed by atoms with van der Waals surface area (Å²) in [7, 11) is -3.70. The number of Topliss-reactive ketones (excluding diaryl/α,β-unsaturated/α-hetero) is 1. The van der Waals surface area contributed by atoms with Crippen LogP contribution in [-0.4, -0.2) is 50.6 Å². The highest BCUT2D eigenvalue weighted by Gasteiger charge is 2.54. The van der Waals surface area contributed by atoms with E-state index in [-0.39, 0.29) is 34.6 Å². The van der Waals surface area contributed by atoms with Crippen molar-refractivity contribution in [3.05, 3.63) is 29.8 Å². The van der Waals surface area contributed by atoms with Crippen LogP contribution < -0.4 is 0 Å². The molecule has 4 saturated carbocycles. The predicted octanol–water partition coefficient (Wildman–Crippen LogP) is 3.18. The number of nitrogens with zero attached hydrogens (tertiary/aromatic N) is 2. The molecule has 0 unspecified atom stereocenters. The van der Waals surface area contributed by atoms with E-state index in [0.29, 0.717) is 48.7 Å². The Bertz CT molecular complexity index is 1110. The first kappa shape index (κ1) is 21.3. The number of fused-ring (bicyclic) bond motifs is 1. The summed E-state index contributed by atoms with van der Waals surface area (Å²) >= 11 is 0. The van der Waals surface area contributed by atoms with Crippen LogP contribution in [0.25, 0.3) is 0 Å². The van der Waals surface area contributed by atoms with Gasteiger partial charge in [-0.15, -0.1) is 4.40 Å². The van der Waals surface area contributed by atoms with E-state index in [4.69, 9.17) is 4.74 Å². The molecule has 6 aliphatic rings. The van der Waals surface area contributed by atoms with E-state index >= 15 is 0 Å².